The number of hydrogen-bond acceptors (Lipinski definition) is 9. The molecule has 162 valence electrons. The third-order valence-corrected chi connectivity index (χ3v) is 4.56. The van der Waals surface area contributed by atoms with Crippen molar-refractivity contribution in [2.75, 3.05) is 6.61 Å². The van der Waals surface area contributed by atoms with E-state index in [-0.39, 0.29) is 6.61 Å². The van der Waals surface area contributed by atoms with Crippen LogP contribution >= 0.6 is 0 Å². The molecule has 0 bridgehead atoms. The van der Waals surface area contributed by atoms with Crippen LogP contribution in [0.2, 0.25) is 0 Å². The first-order valence-corrected chi connectivity index (χ1v) is 9.72. The lowest BCUT2D eigenvalue weighted by atomic mass is 10.0. The highest BCUT2D eigenvalue weighted by Gasteiger charge is 2.58. The molecule has 2 aliphatic heterocycles. The first-order chi connectivity index (χ1) is 14.2. The molecule has 1 aromatic rings. The molecule has 1 aromatic carbocycles. The van der Waals surface area contributed by atoms with Gasteiger partial charge in [-0.3, -0.25) is 9.59 Å². The van der Waals surface area contributed by atoms with Crippen LogP contribution in [0.4, 0.5) is 0 Å². The maximum Gasteiger partial charge on any atom is 0.303 e. The molecule has 0 aromatic heterocycles. The molecular formula is C21H26N2O7. The normalized spacial score (nSPS) is 27.5. The molecule has 0 spiro atoms. The van der Waals surface area contributed by atoms with E-state index in [1.807, 2.05) is 30.3 Å². The van der Waals surface area contributed by atoms with Gasteiger partial charge in [0.15, 0.2) is 24.3 Å². The van der Waals surface area contributed by atoms with Crippen LogP contribution in [0.25, 0.3) is 0 Å². The van der Waals surface area contributed by atoms with Crippen LogP contribution in [0.5, 0.6) is 0 Å². The van der Waals surface area contributed by atoms with Crippen LogP contribution in [-0.2, 0) is 39.8 Å². The molecule has 0 N–H and O–H groups in total. The van der Waals surface area contributed by atoms with E-state index in [4.69, 9.17) is 23.7 Å². The van der Waals surface area contributed by atoms with E-state index < -0.39 is 48.4 Å². The summed E-state index contributed by atoms with van der Waals surface area (Å²) in [5.74, 6) is -1.83. The number of ether oxygens (including phenoxy) is 5. The summed E-state index contributed by atoms with van der Waals surface area (Å²) in [6.45, 7) is 6.41. The van der Waals surface area contributed by atoms with Crippen molar-refractivity contribution < 1.29 is 33.3 Å². The van der Waals surface area contributed by atoms with E-state index >= 15 is 0 Å². The van der Waals surface area contributed by atoms with Gasteiger partial charge >= 0.3 is 11.9 Å². The lowest BCUT2D eigenvalue weighted by molar-refractivity contribution is -0.221. The Labute approximate surface area is 175 Å². The smallest absolute Gasteiger partial charge is 0.303 e. The number of nitrogens with zero attached hydrogens (tertiary/aromatic N) is 2. The summed E-state index contributed by atoms with van der Waals surface area (Å²) in [5, 5.41) is 0. The molecule has 0 aliphatic carbocycles. The minimum atomic E-state index is -0.871. The molecule has 0 amide bonds. The fourth-order valence-corrected chi connectivity index (χ4v) is 3.37. The Kier molecular flexibility index (Phi) is 6.99. The van der Waals surface area contributed by atoms with Crippen molar-refractivity contribution in [2.45, 2.75) is 70.7 Å². The number of aliphatic imine (C=N–C) groups is 2. The third-order valence-electron chi connectivity index (χ3n) is 4.56. The average Bonchev–Trinajstić information content (AvgIpc) is 3.14. The Morgan fingerprint density at radius 1 is 1.17 bits per heavy atom. The summed E-state index contributed by atoms with van der Waals surface area (Å²) in [5.41, 5.74) is 1.00. The Bertz CT molecular complexity index is 820. The largest absolute Gasteiger partial charge is 0.463 e. The van der Waals surface area contributed by atoms with E-state index in [1.54, 1.807) is 13.8 Å². The quantitative estimate of drug-likeness (QED) is 0.493. The van der Waals surface area contributed by atoms with Crippen molar-refractivity contribution in [1.82, 2.24) is 0 Å². The van der Waals surface area contributed by atoms with Crippen molar-refractivity contribution in [3.8, 4) is 0 Å². The molecule has 0 unspecified atom stereocenters. The summed E-state index contributed by atoms with van der Waals surface area (Å²) >= 11 is 0. The minimum Gasteiger partial charge on any atom is -0.463 e. The third kappa shape index (κ3) is 5.73. The van der Waals surface area contributed by atoms with Crippen LogP contribution in [0.3, 0.4) is 0 Å². The fourth-order valence-electron chi connectivity index (χ4n) is 3.37. The molecule has 9 heteroatoms. The van der Waals surface area contributed by atoms with E-state index in [0.717, 1.165) is 5.56 Å². The van der Waals surface area contributed by atoms with Crippen molar-refractivity contribution >= 4 is 17.9 Å². The lowest BCUT2D eigenvalue weighted by Crippen LogP contribution is -2.44. The van der Waals surface area contributed by atoms with Gasteiger partial charge in [0.05, 0.1) is 12.6 Å². The zero-order valence-electron chi connectivity index (χ0n) is 17.4. The second kappa shape index (κ2) is 9.49. The molecule has 0 radical (unpaired) electrons. The first kappa shape index (κ1) is 22.1. The minimum absolute atomic E-state index is 0.0888. The summed E-state index contributed by atoms with van der Waals surface area (Å²) in [6, 6.07) is 11.6. The summed E-state index contributed by atoms with van der Waals surface area (Å²) in [4.78, 5) is 31.5. The highest BCUT2D eigenvalue weighted by atomic mass is 16.8. The van der Waals surface area contributed by atoms with Crippen LogP contribution in [0.15, 0.2) is 40.3 Å². The molecule has 2 saturated heterocycles. The van der Waals surface area contributed by atoms with Crippen LogP contribution in [-0.4, -0.2) is 61.0 Å². The van der Waals surface area contributed by atoms with Crippen molar-refractivity contribution in [2.24, 2.45) is 9.98 Å². The highest BCUT2D eigenvalue weighted by Crippen LogP contribution is 2.40. The van der Waals surface area contributed by atoms with E-state index in [0.29, 0.717) is 6.54 Å². The number of hydrogen-bond donors (Lipinski definition) is 0. The van der Waals surface area contributed by atoms with Crippen molar-refractivity contribution in [3.05, 3.63) is 35.9 Å². The SMILES string of the molecule is CC(=O)OC[C@H](N=C=NCc1ccccc1)[C@H]1O[C@@H]2OC(C)(C)O[C@@H]2[C@H]1OC(C)=O. The Hall–Kier alpha value is -2.58. The van der Waals surface area contributed by atoms with Gasteiger partial charge < -0.3 is 23.7 Å². The van der Waals surface area contributed by atoms with Crippen LogP contribution in [0, 0.1) is 0 Å². The number of fused-ring (bicyclic) bond motifs is 1. The molecule has 30 heavy (non-hydrogen) atoms. The van der Waals surface area contributed by atoms with E-state index in [9.17, 15) is 9.59 Å². The van der Waals surface area contributed by atoms with Gasteiger partial charge in [0.25, 0.3) is 0 Å². The fraction of sp³-hybridized carbons (Fsp3) is 0.571. The number of benzene rings is 1. The molecule has 2 fully saturated rings. The number of rotatable bonds is 7. The predicted octanol–water partition coefficient (Wildman–Crippen LogP) is 2.10. The Balaban J connectivity index is 1.78. The van der Waals surface area contributed by atoms with E-state index in [2.05, 4.69) is 16.0 Å². The molecule has 2 heterocycles. The van der Waals surface area contributed by atoms with Gasteiger partial charge in [-0.05, 0) is 19.4 Å². The molecule has 9 nitrogen and oxygen atoms in total. The van der Waals surface area contributed by atoms with Gasteiger partial charge in [0, 0.05) is 13.8 Å². The first-order valence-electron chi connectivity index (χ1n) is 9.72. The molecule has 0 saturated carbocycles. The van der Waals surface area contributed by atoms with Crippen molar-refractivity contribution in [3.63, 3.8) is 0 Å². The summed E-state index contributed by atoms with van der Waals surface area (Å²) < 4.78 is 28.2. The average molecular weight is 418 g/mol. The molecular weight excluding hydrogens is 392 g/mol. The molecule has 3 rings (SSSR count). The second-order valence-corrected chi connectivity index (χ2v) is 7.54. The van der Waals surface area contributed by atoms with Gasteiger partial charge in [-0.2, -0.15) is 0 Å². The van der Waals surface area contributed by atoms with E-state index in [1.165, 1.54) is 13.8 Å². The predicted molar refractivity (Wildman–Crippen MR) is 105 cm³/mol. The number of carbonyl (C=O) groups is 2. The molecule has 2 aliphatic rings. The zero-order chi connectivity index (χ0) is 21.7. The maximum absolute atomic E-state index is 11.7. The number of esters is 2. The summed E-state index contributed by atoms with van der Waals surface area (Å²) in [6.07, 6.45) is -2.89. The van der Waals surface area contributed by atoms with Crippen LogP contribution < -0.4 is 0 Å². The molecule has 5 atom stereocenters. The number of carbonyl (C=O) groups excluding carboxylic acids is 2. The topological polar surface area (TPSA) is 105 Å². The van der Waals surface area contributed by atoms with Gasteiger partial charge in [-0.25, -0.2) is 9.98 Å². The van der Waals surface area contributed by atoms with Crippen LogP contribution in [0.1, 0.15) is 33.3 Å². The Morgan fingerprint density at radius 3 is 2.57 bits per heavy atom. The standard InChI is InChI=1S/C21H26N2O7/c1-13(24)26-11-16(23-12-22-10-15-8-6-5-7-9-15)17-18(27-14(2)25)19-20(28-17)30-21(3,4)29-19/h5-9,16-20H,10-11H2,1-4H3/t16-,17+,18-,19+,20+/m0/s1. The van der Waals surface area contributed by atoms with Gasteiger partial charge in [-0.1, -0.05) is 30.3 Å². The van der Waals surface area contributed by atoms with Gasteiger partial charge in [0.1, 0.15) is 18.8 Å². The maximum atomic E-state index is 11.7. The lowest BCUT2D eigenvalue weighted by Gasteiger charge is -2.28. The van der Waals surface area contributed by atoms with Crippen molar-refractivity contribution in [1.29, 1.82) is 0 Å². The zero-order valence-corrected chi connectivity index (χ0v) is 17.4. The Morgan fingerprint density at radius 2 is 1.90 bits per heavy atom. The summed E-state index contributed by atoms with van der Waals surface area (Å²) in [7, 11) is 0. The monoisotopic (exact) mass is 418 g/mol. The highest BCUT2D eigenvalue weighted by molar-refractivity contribution is 5.66. The van der Waals surface area contributed by atoms with Gasteiger partial charge in [-0.15, -0.1) is 0 Å². The van der Waals surface area contributed by atoms with Gasteiger partial charge in [0.2, 0.25) is 0 Å². The second-order valence-electron chi connectivity index (χ2n) is 7.54.